The summed E-state index contributed by atoms with van der Waals surface area (Å²) in [6.07, 6.45) is 0. The molecule has 0 aliphatic rings. The molecule has 0 radical (unpaired) electrons. The number of thioether (sulfide) groups is 1. The quantitative estimate of drug-likeness (QED) is 0.303. The van der Waals surface area contributed by atoms with Crippen LogP contribution in [-0.2, 0) is 12.4 Å². The van der Waals surface area contributed by atoms with E-state index in [-0.39, 0.29) is 6.61 Å². The Balaban J connectivity index is 1.47. The summed E-state index contributed by atoms with van der Waals surface area (Å²) in [5.74, 6) is 2.14. The second-order valence-corrected chi connectivity index (χ2v) is 8.33. The maximum Gasteiger partial charge on any atom is 0.438 e. The first-order valence-corrected chi connectivity index (χ1v) is 11.7. The summed E-state index contributed by atoms with van der Waals surface area (Å²) in [5.41, 5.74) is 2.82. The van der Waals surface area contributed by atoms with Crippen molar-refractivity contribution in [3.63, 3.8) is 0 Å². The van der Waals surface area contributed by atoms with Crippen LogP contribution in [0, 0.1) is 0 Å². The smallest absolute Gasteiger partial charge is 0.438 e. The highest BCUT2D eigenvalue weighted by Crippen LogP contribution is 2.32. The average molecular weight is 488 g/mol. The zero-order valence-electron chi connectivity index (χ0n) is 18.7. The van der Waals surface area contributed by atoms with Crippen LogP contribution in [-0.4, -0.2) is 32.0 Å². The molecule has 176 valence electrons. The van der Waals surface area contributed by atoms with Gasteiger partial charge in [-0.3, -0.25) is 14.1 Å². The van der Waals surface area contributed by atoms with Gasteiger partial charge >= 0.3 is 5.76 Å². The highest BCUT2D eigenvalue weighted by molar-refractivity contribution is 7.98. The number of hydrogen-bond acceptors (Lipinski definition) is 8. The predicted molar refractivity (Wildman–Crippen MR) is 131 cm³/mol. The summed E-state index contributed by atoms with van der Waals surface area (Å²) >= 11 is 1.36. The van der Waals surface area contributed by atoms with Crippen molar-refractivity contribution in [2.24, 2.45) is 0 Å². The van der Waals surface area contributed by atoms with Crippen LogP contribution in [0.1, 0.15) is 11.6 Å². The number of methoxy groups -OCH3 is 1. The van der Waals surface area contributed by atoms with E-state index in [2.05, 4.69) is 24.9 Å². The normalized spacial score (nSPS) is 10.9. The van der Waals surface area contributed by atoms with E-state index in [0.29, 0.717) is 28.3 Å². The molecule has 1 N–H and O–H groups in total. The molecule has 0 unspecified atom stereocenters. The van der Waals surface area contributed by atoms with E-state index < -0.39 is 5.76 Å². The van der Waals surface area contributed by atoms with Gasteiger partial charge in [0.1, 0.15) is 18.1 Å². The zero-order chi connectivity index (χ0) is 24.0. The van der Waals surface area contributed by atoms with E-state index in [0.717, 1.165) is 22.6 Å². The second kappa shape index (κ2) is 10.3. The zero-order valence-corrected chi connectivity index (χ0v) is 19.6. The van der Waals surface area contributed by atoms with Crippen molar-refractivity contribution >= 4 is 11.8 Å². The van der Waals surface area contributed by atoms with Crippen LogP contribution in [0.5, 0.6) is 11.5 Å². The van der Waals surface area contributed by atoms with E-state index in [1.807, 2.05) is 83.4 Å². The van der Waals surface area contributed by atoms with Crippen LogP contribution in [0.4, 0.5) is 0 Å². The summed E-state index contributed by atoms with van der Waals surface area (Å²) < 4.78 is 18.3. The average Bonchev–Trinajstić information content (AvgIpc) is 3.52. The molecule has 0 amide bonds. The Morgan fingerprint density at radius 3 is 2.46 bits per heavy atom. The van der Waals surface area contributed by atoms with E-state index in [1.165, 1.54) is 11.8 Å². The Bertz CT molecular complexity index is 1480. The molecular weight excluding hydrogens is 466 g/mol. The summed E-state index contributed by atoms with van der Waals surface area (Å²) in [7, 11) is 1.61. The highest BCUT2D eigenvalue weighted by atomic mass is 32.2. The summed E-state index contributed by atoms with van der Waals surface area (Å²) in [5, 5.41) is 13.1. The van der Waals surface area contributed by atoms with E-state index in [1.54, 1.807) is 7.11 Å². The van der Waals surface area contributed by atoms with E-state index >= 15 is 0 Å². The third-order valence-electron chi connectivity index (χ3n) is 5.18. The van der Waals surface area contributed by atoms with Gasteiger partial charge < -0.3 is 9.47 Å². The molecule has 0 aliphatic carbocycles. The molecule has 9 nitrogen and oxygen atoms in total. The topological polar surface area (TPSA) is 108 Å². The largest absolute Gasteiger partial charge is 0.495 e. The minimum absolute atomic E-state index is 0.177. The van der Waals surface area contributed by atoms with Gasteiger partial charge in [0.05, 0.1) is 18.6 Å². The molecule has 35 heavy (non-hydrogen) atoms. The number of nitrogens with one attached hydrogen (secondary N) is 1. The lowest BCUT2D eigenvalue weighted by Crippen LogP contribution is -2.08. The number of benzene rings is 3. The standard InChI is InChI=1S/C25H21N5O4S/c1-32-21-14-8-6-12-19(21)30-23(27-28-24(30)35-16-22-26-25(31)34-29-22)15-33-20-13-7-5-11-18(20)17-9-3-2-4-10-17/h2-14H,15-16H2,1H3,(H,26,29,31). The van der Waals surface area contributed by atoms with Crippen LogP contribution in [0.3, 0.4) is 0 Å². The number of nitrogens with zero attached hydrogens (tertiary/aromatic N) is 4. The number of aromatic amines is 1. The Hall–Kier alpha value is -4.31. The van der Waals surface area contributed by atoms with Crippen LogP contribution in [0.2, 0.25) is 0 Å². The van der Waals surface area contributed by atoms with Gasteiger partial charge in [-0.2, -0.15) is 0 Å². The molecule has 5 rings (SSSR count). The van der Waals surface area contributed by atoms with Crippen molar-refractivity contribution in [2.75, 3.05) is 7.11 Å². The first-order chi connectivity index (χ1) is 17.2. The van der Waals surface area contributed by atoms with Crippen LogP contribution >= 0.6 is 11.8 Å². The van der Waals surface area contributed by atoms with Crippen molar-refractivity contribution in [3.05, 3.63) is 101 Å². The number of aromatic nitrogens is 5. The van der Waals surface area contributed by atoms with Gasteiger partial charge in [0.25, 0.3) is 0 Å². The summed E-state index contributed by atoms with van der Waals surface area (Å²) in [6.45, 7) is 0.177. The maximum atomic E-state index is 11.3. The van der Waals surface area contributed by atoms with Crippen LogP contribution in [0.15, 0.2) is 93.3 Å². The third-order valence-corrected chi connectivity index (χ3v) is 6.12. The second-order valence-electron chi connectivity index (χ2n) is 7.39. The predicted octanol–water partition coefficient (Wildman–Crippen LogP) is 4.49. The fourth-order valence-corrected chi connectivity index (χ4v) is 4.41. The van der Waals surface area contributed by atoms with Crippen molar-refractivity contribution in [1.29, 1.82) is 0 Å². The molecule has 0 aliphatic heterocycles. The Kier molecular flexibility index (Phi) is 6.62. The van der Waals surface area contributed by atoms with Gasteiger partial charge in [-0.15, -0.1) is 10.2 Å². The molecule has 0 saturated carbocycles. The first-order valence-electron chi connectivity index (χ1n) is 10.8. The summed E-state index contributed by atoms with van der Waals surface area (Å²) in [6, 6.07) is 25.5. The van der Waals surface area contributed by atoms with E-state index in [9.17, 15) is 4.79 Å². The number of H-pyrrole nitrogens is 1. The maximum absolute atomic E-state index is 11.3. The lowest BCUT2D eigenvalue weighted by molar-refractivity contribution is 0.293. The van der Waals surface area contributed by atoms with Gasteiger partial charge in [0.2, 0.25) is 0 Å². The SMILES string of the molecule is COc1ccccc1-n1c(COc2ccccc2-c2ccccc2)nnc1SCc1noc(=O)[nH]1. The Morgan fingerprint density at radius 2 is 1.69 bits per heavy atom. The molecule has 2 aromatic heterocycles. The van der Waals surface area contributed by atoms with Crippen molar-refractivity contribution < 1.29 is 14.0 Å². The minimum atomic E-state index is -0.599. The monoisotopic (exact) mass is 487 g/mol. The van der Waals surface area contributed by atoms with E-state index in [4.69, 9.17) is 9.47 Å². The first kappa shape index (κ1) is 22.5. The number of rotatable bonds is 9. The summed E-state index contributed by atoms with van der Waals surface area (Å²) in [4.78, 5) is 13.8. The Morgan fingerprint density at radius 1 is 0.943 bits per heavy atom. The molecule has 0 fully saturated rings. The lowest BCUT2D eigenvalue weighted by atomic mass is 10.1. The van der Waals surface area contributed by atoms with Crippen molar-refractivity contribution in [1.82, 2.24) is 24.9 Å². The molecular formula is C25H21N5O4S. The fourth-order valence-electron chi connectivity index (χ4n) is 3.59. The highest BCUT2D eigenvalue weighted by Gasteiger charge is 2.19. The van der Waals surface area contributed by atoms with Gasteiger partial charge in [-0.25, -0.2) is 4.79 Å². The lowest BCUT2D eigenvalue weighted by Gasteiger charge is -2.15. The van der Waals surface area contributed by atoms with Gasteiger partial charge in [-0.1, -0.05) is 77.6 Å². The van der Waals surface area contributed by atoms with Crippen molar-refractivity contribution in [3.8, 4) is 28.3 Å². The number of ether oxygens (including phenoxy) is 2. The molecule has 0 saturated heterocycles. The molecule has 0 bridgehead atoms. The van der Waals surface area contributed by atoms with Gasteiger partial charge in [0, 0.05) is 5.56 Å². The minimum Gasteiger partial charge on any atom is -0.495 e. The molecule has 0 spiro atoms. The third kappa shape index (κ3) is 4.97. The molecule has 2 heterocycles. The Labute approximate surface area is 204 Å². The van der Waals surface area contributed by atoms with Crippen molar-refractivity contribution in [2.45, 2.75) is 17.5 Å². The van der Waals surface area contributed by atoms with Gasteiger partial charge in [-0.05, 0) is 23.8 Å². The molecule has 5 aromatic rings. The molecule has 10 heteroatoms. The van der Waals surface area contributed by atoms with Crippen LogP contribution < -0.4 is 15.2 Å². The molecule has 0 atom stereocenters. The van der Waals surface area contributed by atoms with Crippen LogP contribution in [0.25, 0.3) is 16.8 Å². The van der Waals surface area contributed by atoms with Gasteiger partial charge in [0.15, 0.2) is 16.8 Å². The number of hydrogen-bond donors (Lipinski definition) is 1. The molecule has 3 aromatic carbocycles. The number of para-hydroxylation sites is 3. The fraction of sp³-hybridized carbons (Fsp3) is 0.120.